The fourth-order valence-corrected chi connectivity index (χ4v) is 19.1. The zero-order valence-electron chi connectivity index (χ0n) is 82.2. The van der Waals surface area contributed by atoms with Gasteiger partial charge in [-0.15, -0.1) is 0 Å². The van der Waals surface area contributed by atoms with Crippen molar-refractivity contribution in [3.63, 3.8) is 0 Å². The van der Waals surface area contributed by atoms with Gasteiger partial charge in [0.05, 0.1) is 80.3 Å². The number of aromatic nitrogens is 12. The molecular weight excluding hydrogens is 1970 g/mol. The molecule has 3 fully saturated rings. The molecule has 2 atom stereocenters. The first-order chi connectivity index (χ1) is 71.8. The maximum atomic E-state index is 13.0. The molecule has 2 saturated heterocycles. The van der Waals surface area contributed by atoms with Crippen molar-refractivity contribution in [3.8, 4) is 11.8 Å². The minimum Gasteiger partial charge on any atom is -0.489 e. The number of hydrogen-bond acceptors (Lipinski definition) is 13. The summed E-state index contributed by atoms with van der Waals surface area (Å²) in [6.07, 6.45) is 17.4. The second kappa shape index (κ2) is 45.8. The van der Waals surface area contributed by atoms with Crippen LogP contribution < -0.4 is 36.6 Å². The number of amides is 6. The first kappa shape index (κ1) is 101. The second-order valence-electron chi connectivity index (χ2n) is 37.3. The molecule has 11 heterocycles. The van der Waals surface area contributed by atoms with Crippen LogP contribution in [0.4, 0.5) is 0 Å². The Hall–Kier alpha value is -16.6. The molecule has 0 radical (unpaired) electrons. The number of fused-ring (bicyclic) bond motifs is 6. The Bertz CT molecular complexity index is 8110. The summed E-state index contributed by atoms with van der Waals surface area (Å²) in [5.41, 5.74) is 17.5. The number of aromatic amines is 6. The average Bonchev–Trinajstić information content (AvgIpc) is 1.55. The highest BCUT2D eigenvalue weighted by Crippen LogP contribution is 2.39. The van der Waals surface area contributed by atoms with Crippen LogP contribution in [0.15, 0.2) is 339 Å². The Balaban J connectivity index is 0.000000116. The molecule has 23 rings (SSSR count). The van der Waals surface area contributed by atoms with E-state index in [9.17, 15) is 28.8 Å². The van der Waals surface area contributed by atoms with E-state index in [1.54, 1.807) is 63.0 Å². The summed E-state index contributed by atoms with van der Waals surface area (Å²) in [5, 5.41) is 47.1. The number of carbonyl (C=O) groups excluding carboxylic acids is 6. The van der Waals surface area contributed by atoms with Gasteiger partial charge in [-0.2, -0.15) is 20.6 Å². The van der Waals surface area contributed by atoms with Gasteiger partial charge >= 0.3 is 0 Å². The third kappa shape index (κ3) is 24.3. The Labute approximate surface area is 872 Å². The number of carbonyl (C=O) groups is 6. The van der Waals surface area contributed by atoms with E-state index in [4.69, 9.17) is 42.7 Å². The number of nitrogens with zero attached hydrogens (tertiary/aromatic N) is 7. The molecule has 12 N–H and O–H groups in total. The summed E-state index contributed by atoms with van der Waals surface area (Å²) in [6, 6.07) is 97.3. The largest absolute Gasteiger partial charge is 0.489 e. The van der Waals surface area contributed by atoms with Gasteiger partial charge in [0.2, 0.25) is 0 Å². The summed E-state index contributed by atoms with van der Waals surface area (Å²) in [7, 11) is 5.55. The molecule has 3 aliphatic rings. The van der Waals surface area contributed by atoms with Crippen molar-refractivity contribution < 1.29 is 43.0 Å². The highest BCUT2D eigenvalue weighted by Gasteiger charge is 2.45. The Morgan fingerprint density at radius 2 is 0.770 bits per heavy atom. The predicted octanol–water partition coefficient (Wildman–Crippen LogP) is 22.7. The van der Waals surface area contributed by atoms with Crippen LogP contribution in [0.2, 0.25) is 10.0 Å². The summed E-state index contributed by atoms with van der Waals surface area (Å²) in [6.45, 7) is 8.31. The lowest BCUT2D eigenvalue weighted by Gasteiger charge is -2.41. The Kier molecular flexibility index (Phi) is 31.4. The zero-order chi connectivity index (χ0) is 103. The van der Waals surface area contributed by atoms with E-state index in [0.717, 1.165) is 147 Å². The lowest BCUT2D eigenvalue weighted by Crippen LogP contribution is -2.59. The lowest BCUT2D eigenvalue weighted by atomic mass is 9.76. The SMILES string of the molecule is CC(NC(=O)c1cc2cc(OCc3ccccc3)ccc2[nH]1)c1cnn(C)c1.CCc1ccc2[nH]c(C(=O)N[C@H](C)c3ccccc3)cc2c1.Cn1cc(C2(NC(=O)c3cc4cc(Br)ccc4[nH]3)COC2)cn1.Cn1cc(C2(NC(=O)c3cc4cc(C#N)ccc4[nH]3)COC2)cn1.O=C(NC(c1ccccc1)c1ccccc1)c1cc2cc(Cl)ccc2[nH]1.O=C(NC1(c2ccccc2)CCCCC1)c1cc2cc(Cl)ccc2[nH]1. The van der Waals surface area contributed by atoms with Crippen LogP contribution in [0, 0.1) is 11.3 Å². The van der Waals surface area contributed by atoms with Crippen molar-refractivity contribution in [2.45, 2.75) is 101 Å². The molecule has 1 aliphatic carbocycles. The summed E-state index contributed by atoms with van der Waals surface area (Å²) < 4.78 is 22.7. The summed E-state index contributed by atoms with van der Waals surface area (Å²) in [4.78, 5) is 95.2. The second-order valence-corrected chi connectivity index (χ2v) is 39.1. The van der Waals surface area contributed by atoms with Crippen LogP contribution in [-0.2, 0) is 60.3 Å². The number of rotatable bonds is 23. The van der Waals surface area contributed by atoms with Crippen molar-refractivity contribution in [1.82, 2.24) is 91.1 Å². The molecule has 11 aromatic carbocycles. The molecule has 1 saturated carbocycles. The first-order valence-corrected chi connectivity index (χ1v) is 50.3. The zero-order valence-corrected chi connectivity index (χ0v) is 85.3. The van der Waals surface area contributed by atoms with Gasteiger partial charge in [-0.25, -0.2) is 0 Å². The standard InChI is InChI=1S/C22H17ClN2O.C22H22N4O2.C21H21ClN2O.C19H20N2O.C17H15N5O2.C16H15BrN4O2/c23-18-11-12-19-17(13-18)14-20(24-19)22(26)25-21(15-7-3-1-4-8-15)16-9-5-2-6-10-16;1-15(18-12-23-26(2)13-18)24-22(27)21-11-17-10-19(8-9-20(17)25-21)28-14-16-6-4-3-5-7-16;22-17-9-10-18-15(13-17)14-19(23-18)20(25)24-21(11-5-2-6-12-21)16-7-3-1-4-8-16;1-3-14-9-10-17-16(11-14)12-18(21-17)19(22)20-13(2)15-7-5-4-6-8-15;1-22-8-13(7-19-22)17(9-24-10-17)21-16(23)15-5-12-4-11(6-18)2-3-14(12)20-15;1-21-7-11(6-18-21)16(8-23-9-16)20-15(22)14-5-10-4-12(17)2-3-13(10)19-14/h1-14,21,24H,(H,25,26);3-13,15,25H,14H2,1-2H3,(H,24,27);1,3-4,7-10,13-14,23H,2,5-6,11-12H2,(H,24,25);4-13,21H,3H2,1-2H3,(H,20,22);2-5,7-8,20H,9-10H2,1H3,(H,21,23);2-7,19H,8-9H2,1H3,(H,20,22)/t;;;13-;;/m...1../s1. The Morgan fingerprint density at radius 1 is 0.392 bits per heavy atom. The van der Waals surface area contributed by atoms with Crippen LogP contribution in [0.25, 0.3) is 65.4 Å². The number of H-pyrrole nitrogens is 6. The monoisotopic (exact) mass is 2070 g/mol. The van der Waals surface area contributed by atoms with Crippen LogP contribution >= 0.6 is 39.1 Å². The van der Waals surface area contributed by atoms with Crippen molar-refractivity contribution in [1.29, 1.82) is 5.26 Å². The van der Waals surface area contributed by atoms with E-state index in [0.29, 0.717) is 82.8 Å². The molecule has 148 heavy (non-hydrogen) atoms. The minimum atomic E-state index is -0.541. The predicted molar refractivity (Wildman–Crippen MR) is 581 cm³/mol. The molecule has 9 aromatic heterocycles. The fraction of sp³-hybridized carbons (Fsp3) is 0.197. The first-order valence-electron chi connectivity index (χ1n) is 48.8. The molecule has 2 aliphatic heterocycles. The van der Waals surface area contributed by atoms with Crippen LogP contribution in [0.3, 0.4) is 0 Å². The van der Waals surface area contributed by atoms with Gasteiger partial charge in [0, 0.05) is 136 Å². The number of ether oxygens (including phenoxy) is 3. The highest BCUT2D eigenvalue weighted by atomic mass is 79.9. The van der Waals surface area contributed by atoms with Gasteiger partial charge in [0.15, 0.2) is 0 Å². The van der Waals surface area contributed by atoms with Gasteiger partial charge < -0.3 is 76.0 Å². The van der Waals surface area contributed by atoms with E-state index in [-0.39, 0.29) is 59.1 Å². The molecule has 748 valence electrons. The number of benzene rings is 11. The van der Waals surface area contributed by atoms with Crippen molar-refractivity contribution >= 4 is 140 Å². The minimum absolute atomic E-state index is 0.0219. The third-order valence-corrected chi connectivity index (χ3v) is 27.6. The normalized spacial score (nSPS) is 13.9. The smallest absolute Gasteiger partial charge is 0.268 e. The van der Waals surface area contributed by atoms with Gasteiger partial charge in [-0.05, 0) is 206 Å². The van der Waals surface area contributed by atoms with Gasteiger partial charge in [-0.3, -0.25) is 42.8 Å². The van der Waals surface area contributed by atoms with E-state index >= 15 is 0 Å². The molecular formula is C117H110BrCl2N19O9. The molecule has 6 amide bonds. The molecule has 31 heteroatoms. The van der Waals surface area contributed by atoms with E-state index < -0.39 is 11.1 Å². The average molecular weight is 2080 g/mol. The van der Waals surface area contributed by atoms with Crippen molar-refractivity contribution in [2.24, 2.45) is 21.1 Å². The molecule has 0 bridgehead atoms. The summed E-state index contributed by atoms with van der Waals surface area (Å²) in [5.74, 6) is -0.0367. The van der Waals surface area contributed by atoms with Gasteiger partial charge in [0.25, 0.3) is 35.4 Å². The van der Waals surface area contributed by atoms with Crippen molar-refractivity contribution in [2.75, 3.05) is 26.4 Å². The Morgan fingerprint density at radius 3 is 1.21 bits per heavy atom. The number of hydrogen-bond donors (Lipinski definition) is 12. The maximum absolute atomic E-state index is 13.0. The van der Waals surface area contributed by atoms with Crippen molar-refractivity contribution in [3.05, 3.63) is 439 Å². The quantitative estimate of drug-likeness (QED) is 0.0284. The van der Waals surface area contributed by atoms with Crippen LogP contribution in [0.1, 0.15) is 190 Å². The van der Waals surface area contributed by atoms with Gasteiger partial charge in [-0.1, -0.05) is 223 Å². The van der Waals surface area contributed by atoms with E-state index in [1.165, 1.54) is 17.5 Å². The third-order valence-electron chi connectivity index (χ3n) is 26.7. The number of nitrogens with one attached hydrogen (secondary N) is 12. The van der Waals surface area contributed by atoms with E-state index in [1.807, 2.05) is 296 Å². The summed E-state index contributed by atoms with van der Waals surface area (Å²) >= 11 is 15.5. The van der Waals surface area contributed by atoms with Crippen LogP contribution in [0.5, 0.6) is 5.75 Å². The lowest BCUT2D eigenvalue weighted by molar-refractivity contribution is -0.0734. The van der Waals surface area contributed by atoms with Gasteiger partial charge in [0.1, 0.15) is 57.6 Å². The van der Waals surface area contributed by atoms with Crippen LogP contribution in [-0.4, -0.2) is 121 Å². The molecule has 1 unspecified atom stereocenters. The molecule has 20 aromatic rings. The number of aryl methyl sites for hydroxylation is 4. The fourth-order valence-electron chi connectivity index (χ4n) is 18.4. The topological polar surface area (TPSA) is 374 Å². The maximum Gasteiger partial charge on any atom is 0.268 e. The number of halogens is 3. The molecule has 0 spiro atoms. The highest BCUT2D eigenvalue weighted by molar-refractivity contribution is 9.10. The van der Waals surface area contributed by atoms with E-state index in [2.05, 4.69) is 130 Å². The molecule has 28 nitrogen and oxygen atoms in total. The number of nitriles is 1.